The molecule has 0 spiro atoms. The predicted octanol–water partition coefficient (Wildman–Crippen LogP) is 3.93. The first kappa shape index (κ1) is 16.4. The molecule has 0 aromatic heterocycles. The zero-order chi connectivity index (χ0) is 17.1. The fourth-order valence-electron chi connectivity index (χ4n) is 7.52. The van der Waals surface area contributed by atoms with Crippen LogP contribution < -0.4 is 0 Å². The molecule has 0 radical (unpaired) electrons. The highest BCUT2D eigenvalue weighted by molar-refractivity contribution is 5.77. The van der Waals surface area contributed by atoms with Crippen LogP contribution in [-0.2, 0) is 4.79 Å². The van der Waals surface area contributed by atoms with Gasteiger partial charge in [-0.2, -0.15) is 0 Å². The largest absolute Gasteiger partial charge is 0.411 e. The topological polar surface area (TPSA) is 52.9 Å². The molecule has 3 saturated carbocycles. The number of nitrogens with zero attached hydrogens (tertiary/aromatic N) is 2. The van der Waals surface area contributed by atoms with Gasteiger partial charge in [-0.15, -0.1) is 5.16 Å². The van der Waals surface area contributed by atoms with E-state index in [0.717, 1.165) is 30.6 Å². The van der Waals surface area contributed by atoms with Gasteiger partial charge < -0.3 is 10.1 Å². The minimum absolute atomic E-state index is 0.302. The van der Waals surface area contributed by atoms with E-state index in [1.165, 1.54) is 38.5 Å². The predicted molar refractivity (Wildman–Crippen MR) is 93.9 cm³/mol. The monoisotopic (exact) mass is 332 g/mol. The Morgan fingerprint density at radius 3 is 2.58 bits per heavy atom. The highest BCUT2D eigenvalue weighted by Crippen LogP contribution is 2.65. The van der Waals surface area contributed by atoms with Crippen molar-refractivity contribution >= 4 is 12.1 Å². The standard InChI is InChI=1S/C20H32N2O2/c1-19-10-8-16-14(15(19)6-4-13(19)12-21-24)5-7-17-20(16,2)11-9-18(23)22(17)3/h12-17,24H,4-11H2,1-3H3. The summed E-state index contributed by atoms with van der Waals surface area (Å²) in [4.78, 5) is 14.3. The van der Waals surface area contributed by atoms with Gasteiger partial charge in [0, 0.05) is 31.6 Å². The number of amides is 1. The quantitative estimate of drug-likeness (QED) is 0.449. The number of hydrogen-bond donors (Lipinski definition) is 1. The lowest BCUT2D eigenvalue weighted by Gasteiger charge is -2.61. The minimum Gasteiger partial charge on any atom is -0.411 e. The van der Waals surface area contributed by atoms with Crippen LogP contribution in [-0.4, -0.2) is 35.3 Å². The lowest BCUT2D eigenvalue weighted by Crippen LogP contribution is -2.61. The van der Waals surface area contributed by atoms with Crippen molar-refractivity contribution in [3.63, 3.8) is 0 Å². The van der Waals surface area contributed by atoms with Crippen LogP contribution >= 0.6 is 0 Å². The number of fused-ring (bicyclic) bond motifs is 5. The summed E-state index contributed by atoms with van der Waals surface area (Å²) in [5, 5.41) is 12.4. The molecule has 4 heteroatoms. The Balaban J connectivity index is 1.63. The van der Waals surface area contributed by atoms with Crippen LogP contribution in [0.5, 0.6) is 0 Å². The second kappa shape index (κ2) is 5.47. The first-order valence-electron chi connectivity index (χ1n) is 9.85. The SMILES string of the molecule is CN1C(=O)CCC2(C)C3CCC4(C)C(C=NO)CCC4C3CCC12. The van der Waals surface area contributed by atoms with Gasteiger partial charge in [-0.25, -0.2) is 0 Å². The number of piperidine rings is 1. The van der Waals surface area contributed by atoms with Crippen LogP contribution in [0.1, 0.15) is 65.2 Å². The lowest BCUT2D eigenvalue weighted by atomic mass is 9.47. The Hall–Kier alpha value is -1.06. The van der Waals surface area contributed by atoms with Gasteiger partial charge in [0.25, 0.3) is 0 Å². The average molecular weight is 332 g/mol. The van der Waals surface area contributed by atoms with Crippen LogP contribution in [0.3, 0.4) is 0 Å². The molecule has 0 aromatic rings. The Morgan fingerprint density at radius 1 is 1.08 bits per heavy atom. The first-order valence-corrected chi connectivity index (χ1v) is 9.85. The molecule has 1 heterocycles. The third-order valence-electron chi connectivity index (χ3n) is 8.88. The third-order valence-corrected chi connectivity index (χ3v) is 8.88. The van der Waals surface area contributed by atoms with Crippen LogP contribution in [0, 0.1) is 34.5 Å². The lowest BCUT2D eigenvalue weighted by molar-refractivity contribution is -0.157. The van der Waals surface area contributed by atoms with Crippen molar-refractivity contribution in [3.8, 4) is 0 Å². The molecule has 0 bridgehead atoms. The maximum Gasteiger partial charge on any atom is 0.222 e. The number of carbonyl (C=O) groups is 1. The van der Waals surface area contributed by atoms with Gasteiger partial charge in [0.1, 0.15) is 0 Å². The maximum absolute atomic E-state index is 12.2. The van der Waals surface area contributed by atoms with E-state index in [1.807, 2.05) is 7.05 Å². The van der Waals surface area contributed by atoms with Gasteiger partial charge in [0.2, 0.25) is 5.91 Å². The summed E-state index contributed by atoms with van der Waals surface area (Å²) in [5.74, 6) is 3.10. The normalized spacial score (nSPS) is 51.4. The van der Waals surface area contributed by atoms with Crippen LogP contribution in [0.2, 0.25) is 0 Å². The fourth-order valence-corrected chi connectivity index (χ4v) is 7.52. The van der Waals surface area contributed by atoms with Gasteiger partial charge in [-0.05, 0) is 73.5 Å². The van der Waals surface area contributed by atoms with Gasteiger partial charge in [0.15, 0.2) is 0 Å². The molecule has 3 aliphatic carbocycles. The van der Waals surface area contributed by atoms with E-state index in [4.69, 9.17) is 5.21 Å². The molecule has 0 aromatic carbocycles. The number of likely N-dealkylation sites (tertiary alicyclic amines) is 1. The molecule has 1 amide bonds. The molecular formula is C20H32N2O2. The Bertz CT molecular complexity index is 562. The van der Waals surface area contributed by atoms with Crippen molar-refractivity contribution in [2.45, 2.75) is 71.3 Å². The van der Waals surface area contributed by atoms with Gasteiger partial charge in [-0.3, -0.25) is 4.79 Å². The molecule has 134 valence electrons. The van der Waals surface area contributed by atoms with E-state index < -0.39 is 0 Å². The second-order valence-electron chi connectivity index (χ2n) is 9.47. The van der Waals surface area contributed by atoms with Crippen LogP contribution in [0.15, 0.2) is 5.16 Å². The van der Waals surface area contributed by atoms with E-state index in [0.29, 0.717) is 28.7 Å². The molecule has 7 atom stereocenters. The van der Waals surface area contributed by atoms with E-state index in [1.54, 1.807) is 6.21 Å². The summed E-state index contributed by atoms with van der Waals surface area (Å²) in [7, 11) is 2.03. The Morgan fingerprint density at radius 2 is 1.83 bits per heavy atom. The van der Waals surface area contributed by atoms with Gasteiger partial charge in [0.05, 0.1) is 0 Å². The molecule has 24 heavy (non-hydrogen) atoms. The van der Waals surface area contributed by atoms with Crippen LogP contribution in [0.25, 0.3) is 0 Å². The van der Waals surface area contributed by atoms with Crippen molar-refractivity contribution in [2.24, 2.45) is 39.7 Å². The zero-order valence-corrected chi connectivity index (χ0v) is 15.4. The number of hydrogen-bond acceptors (Lipinski definition) is 3. The molecule has 4 rings (SSSR count). The molecule has 4 aliphatic rings. The summed E-state index contributed by atoms with van der Waals surface area (Å²) in [6, 6.07) is 0.445. The van der Waals surface area contributed by atoms with Crippen molar-refractivity contribution in [3.05, 3.63) is 0 Å². The smallest absolute Gasteiger partial charge is 0.222 e. The molecule has 4 fully saturated rings. The fraction of sp³-hybridized carbons (Fsp3) is 0.900. The molecule has 1 saturated heterocycles. The average Bonchev–Trinajstić information content (AvgIpc) is 2.89. The van der Waals surface area contributed by atoms with E-state index in [-0.39, 0.29) is 0 Å². The van der Waals surface area contributed by atoms with Crippen LogP contribution in [0.4, 0.5) is 0 Å². The third kappa shape index (κ3) is 2.04. The van der Waals surface area contributed by atoms with Gasteiger partial charge in [-0.1, -0.05) is 13.8 Å². The first-order chi connectivity index (χ1) is 11.4. The molecule has 4 nitrogen and oxygen atoms in total. The molecule has 1 N–H and O–H groups in total. The Kier molecular flexibility index (Phi) is 3.74. The number of oxime groups is 1. The summed E-state index contributed by atoms with van der Waals surface area (Å²) in [5.41, 5.74) is 0.614. The van der Waals surface area contributed by atoms with Crippen molar-refractivity contribution < 1.29 is 10.0 Å². The van der Waals surface area contributed by atoms with E-state index in [9.17, 15) is 4.79 Å². The minimum atomic E-state index is 0.302. The zero-order valence-electron chi connectivity index (χ0n) is 15.4. The second-order valence-corrected chi connectivity index (χ2v) is 9.47. The Labute approximate surface area is 145 Å². The van der Waals surface area contributed by atoms with Crippen molar-refractivity contribution in [1.29, 1.82) is 0 Å². The highest BCUT2D eigenvalue weighted by atomic mass is 16.4. The number of rotatable bonds is 1. The molecular weight excluding hydrogens is 300 g/mol. The van der Waals surface area contributed by atoms with Crippen molar-refractivity contribution in [1.82, 2.24) is 4.90 Å². The highest BCUT2D eigenvalue weighted by Gasteiger charge is 2.60. The maximum atomic E-state index is 12.2. The summed E-state index contributed by atoms with van der Waals surface area (Å²) < 4.78 is 0. The molecule has 7 unspecified atom stereocenters. The summed E-state index contributed by atoms with van der Waals surface area (Å²) in [6.07, 6.45) is 11.0. The van der Waals surface area contributed by atoms with Gasteiger partial charge >= 0.3 is 0 Å². The molecule has 1 aliphatic heterocycles. The van der Waals surface area contributed by atoms with E-state index in [2.05, 4.69) is 23.9 Å². The summed E-state index contributed by atoms with van der Waals surface area (Å²) >= 11 is 0. The van der Waals surface area contributed by atoms with E-state index >= 15 is 0 Å². The number of carbonyl (C=O) groups excluding carboxylic acids is 1. The summed E-state index contributed by atoms with van der Waals surface area (Å²) in [6.45, 7) is 4.92. The van der Waals surface area contributed by atoms with Crippen molar-refractivity contribution in [2.75, 3.05) is 7.05 Å².